The maximum Gasteiger partial charge on any atom is 0.321 e. The lowest BCUT2D eigenvalue weighted by atomic mass is 9.92. The van der Waals surface area contributed by atoms with Gasteiger partial charge in [-0.05, 0) is 113 Å². The molecule has 0 bridgehead atoms. The molecule has 6 nitrogen and oxygen atoms in total. The molecule has 4 saturated carbocycles. The number of rotatable bonds is 14. The third-order valence-electron chi connectivity index (χ3n) is 14.2. The highest BCUT2D eigenvalue weighted by atomic mass is 16.4. The molecule has 0 radical (unpaired) electrons. The zero-order valence-electron chi connectivity index (χ0n) is 31.7. The van der Waals surface area contributed by atoms with E-state index < -0.39 is 12.0 Å². The number of hydrogen-bond donors (Lipinski definition) is 3. The lowest BCUT2D eigenvalue weighted by Gasteiger charge is -2.37. The van der Waals surface area contributed by atoms with Crippen LogP contribution < -0.4 is 10.6 Å². The van der Waals surface area contributed by atoms with E-state index in [9.17, 15) is 9.90 Å². The van der Waals surface area contributed by atoms with Gasteiger partial charge in [-0.1, -0.05) is 97.1 Å². The Kier molecular flexibility index (Phi) is 9.01. The average Bonchev–Trinajstić information content (AvgIpc) is 4.01. The predicted molar refractivity (Wildman–Crippen MR) is 216 cm³/mol. The quantitative estimate of drug-likeness (QED) is 0.126. The maximum absolute atomic E-state index is 12.2. The highest BCUT2D eigenvalue weighted by Crippen LogP contribution is 2.50. The number of benzene rings is 4. The van der Waals surface area contributed by atoms with E-state index in [0.717, 1.165) is 39.0 Å². The SMILES string of the molecule is O=C(O)[C@@H]1Cc2ccccc2CN1CC1(CN[C@H]2CC2c2ccc(-c3ccc4c(c3)CCN(CC3(CNC5CC5c5ccccc5)CC3)CC4)cc2)CC1. The van der Waals surface area contributed by atoms with Crippen LogP contribution in [-0.2, 0) is 30.6 Å². The number of hydrogen-bond acceptors (Lipinski definition) is 5. The minimum atomic E-state index is -0.691. The van der Waals surface area contributed by atoms with Crippen molar-refractivity contribution in [3.63, 3.8) is 0 Å². The Hall–Kier alpha value is -3.81. The molecule has 0 aromatic heterocycles. The van der Waals surface area contributed by atoms with E-state index in [0.29, 0.717) is 35.8 Å². The molecule has 4 aliphatic carbocycles. The molecular formula is C48H56N4O2. The molecule has 0 saturated heterocycles. The van der Waals surface area contributed by atoms with Crippen molar-refractivity contribution in [3.05, 3.63) is 130 Å². The molecule has 2 heterocycles. The Labute approximate surface area is 321 Å². The van der Waals surface area contributed by atoms with Crippen LogP contribution in [0.25, 0.3) is 11.1 Å². The van der Waals surface area contributed by atoms with Gasteiger partial charge in [0.2, 0.25) is 0 Å². The first kappa shape index (κ1) is 34.7. The van der Waals surface area contributed by atoms with Crippen molar-refractivity contribution in [2.75, 3.05) is 39.3 Å². The fourth-order valence-corrected chi connectivity index (χ4v) is 10.0. The van der Waals surface area contributed by atoms with Gasteiger partial charge in [-0.15, -0.1) is 0 Å². The molecule has 6 heteroatoms. The minimum absolute atomic E-state index is 0.207. The standard InChI is InChI=1S/C48H56N4O2/c53-46(54)45-25-37-8-4-5-9-40(37)28-52(45)32-48(20-21-48)30-50-44-27-42(44)36-13-10-33(11-14-36)38-15-12-34-16-22-51(23-17-39(34)24-38)31-47(18-19-47)29-49-43-26-41(43)35-6-2-1-3-7-35/h1-15,24,41-45,49-50H,16-23,25-32H2,(H,53,54)/t41?,42?,43?,44-,45-/m0/s1. The largest absolute Gasteiger partial charge is 0.480 e. The lowest BCUT2D eigenvalue weighted by molar-refractivity contribution is -0.144. The number of carbonyl (C=O) groups is 1. The number of fused-ring (bicyclic) bond motifs is 2. The lowest BCUT2D eigenvalue weighted by Crippen LogP contribution is -2.49. The number of nitrogens with zero attached hydrogens (tertiary/aromatic N) is 2. The molecule has 4 aromatic carbocycles. The first-order valence-electron chi connectivity index (χ1n) is 20.9. The van der Waals surface area contributed by atoms with Gasteiger partial charge in [0.25, 0.3) is 0 Å². The van der Waals surface area contributed by atoms with Crippen LogP contribution >= 0.6 is 0 Å². The summed E-state index contributed by atoms with van der Waals surface area (Å²) in [4.78, 5) is 17.2. The Morgan fingerprint density at radius 1 is 0.648 bits per heavy atom. The van der Waals surface area contributed by atoms with Gasteiger partial charge in [0.15, 0.2) is 0 Å². The molecule has 4 fully saturated rings. The molecule has 0 amide bonds. The summed E-state index contributed by atoms with van der Waals surface area (Å²) in [5.41, 5.74) is 11.8. The second-order valence-corrected chi connectivity index (χ2v) is 18.2. The Balaban J connectivity index is 0.700. The molecule has 2 aliphatic heterocycles. The van der Waals surface area contributed by atoms with Gasteiger partial charge in [-0.3, -0.25) is 9.69 Å². The molecule has 3 N–H and O–H groups in total. The van der Waals surface area contributed by atoms with Crippen LogP contribution in [0.1, 0.15) is 83.7 Å². The van der Waals surface area contributed by atoms with Crippen molar-refractivity contribution >= 4 is 5.97 Å². The van der Waals surface area contributed by atoms with Gasteiger partial charge < -0.3 is 20.6 Å². The van der Waals surface area contributed by atoms with Crippen LogP contribution in [0, 0.1) is 10.8 Å². The van der Waals surface area contributed by atoms with Crippen LogP contribution in [0.4, 0.5) is 0 Å². The van der Waals surface area contributed by atoms with Gasteiger partial charge in [0.1, 0.15) is 6.04 Å². The third kappa shape index (κ3) is 7.43. The molecular weight excluding hydrogens is 665 g/mol. The number of nitrogens with one attached hydrogen (secondary N) is 2. The second-order valence-electron chi connectivity index (χ2n) is 18.2. The summed E-state index contributed by atoms with van der Waals surface area (Å²) < 4.78 is 0. The molecule has 5 atom stereocenters. The fourth-order valence-electron chi connectivity index (χ4n) is 10.0. The fraction of sp³-hybridized carbons (Fsp3) is 0.479. The van der Waals surface area contributed by atoms with Gasteiger partial charge in [-0.25, -0.2) is 0 Å². The van der Waals surface area contributed by atoms with Gasteiger partial charge in [0.05, 0.1) is 0 Å². The van der Waals surface area contributed by atoms with E-state index in [1.165, 1.54) is 103 Å². The van der Waals surface area contributed by atoms with Crippen molar-refractivity contribution in [3.8, 4) is 11.1 Å². The topological polar surface area (TPSA) is 67.8 Å². The van der Waals surface area contributed by atoms with E-state index in [4.69, 9.17) is 0 Å². The van der Waals surface area contributed by atoms with E-state index in [1.54, 1.807) is 0 Å². The Bertz CT molecular complexity index is 1990. The normalized spacial score (nSPS) is 27.7. The van der Waals surface area contributed by atoms with Crippen molar-refractivity contribution in [2.45, 2.75) is 94.3 Å². The molecule has 54 heavy (non-hydrogen) atoms. The first-order valence-corrected chi connectivity index (χ1v) is 20.9. The van der Waals surface area contributed by atoms with E-state index in [2.05, 4.69) is 111 Å². The van der Waals surface area contributed by atoms with Gasteiger partial charge in [0, 0.05) is 69.7 Å². The Morgan fingerprint density at radius 2 is 1.24 bits per heavy atom. The van der Waals surface area contributed by atoms with Crippen molar-refractivity contribution < 1.29 is 9.90 Å². The van der Waals surface area contributed by atoms with Crippen LogP contribution in [0.15, 0.2) is 97.1 Å². The Morgan fingerprint density at radius 3 is 1.91 bits per heavy atom. The average molecular weight is 721 g/mol. The van der Waals surface area contributed by atoms with E-state index in [-0.39, 0.29) is 5.41 Å². The summed E-state index contributed by atoms with van der Waals surface area (Å²) in [6.07, 6.45) is 10.5. The molecule has 4 aromatic rings. The number of carboxylic acid groups (broad SMARTS) is 1. The summed E-state index contributed by atoms with van der Waals surface area (Å²) in [6, 6.07) is 36.8. The van der Waals surface area contributed by atoms with Gasteiger partial charge >= 0.3 is 5.97 Å². The van der Waals surface area contributed by atoms with Crippen LogP contribution in [-0.4, -0.2) is 78.3 Å². The summed E-state index contributed by atoms with van der Waals surface area (Å²) in [5, 5.41) is 17.9. The van der Waals surface area contributed by atoms with Crippen LogP contribution in [0.2, 0.25) is 0 Å². The second kappa shape index (κ2) is 14.0. The first-order chi connectivity index (χ1) is 26.4. The zero-order valence-corrected chi connectivity index (χ0v) is 31.7. The number of aliphatic carboxylic acids is 1. The van der Waals surface area contributed by atoms with Crippen molar-refractivity contribution in [1.29, 1.82) is 0 Å². The van der Waals surface area contributed by atoms with Crippen molar-refractivity contribution in [2.24, 2.45) is 10.8 Å². The van der Waals surface area contributed by atoms with Crippen molar-refractivity contribution in [1.82, 2.24) is 20.4 Å². The zero-order chi connectivity index (χ0) is 36.3. The van der Waals surface area contributed by atoms with Crippen LogP contribution in [0.3, 0.4) is 0 Å². The molecule has 280 valence electrons. The van der Waals surface area contributed by atoms with E-state index in [1.807, 2.05) is 6.07 Å². The monoisotopic (exact) mass is 720 g/mol. The molecule has 6 aliphatic rings. The van der Waals surface area contributed by atoms with Gasteiger partial charge in [-0.2, -0.15) is 0 Å². The molecule has 10 rings (SSSR count). The smallest absolute Gasteiger partial charge is 0.321 e. The van der Waals surface area contributed by atoms with Crippen LogP contribution in [0.5, 0.6) is 0 Å². The summed E-state index contributed by atoms with van der Waals surface area (Å²) in [6.45, 7) is 7.34. The summed E-state index contributed by atoms with van der Waals surface area (Å²) >= 11 is 0. The molecule has 0 spiro atoms. The van der Waals surface area contributed by atoms with E-state index >= 15 is 0 Å². The summed E-state index contributed by atoms with van der Waals surface area (Å²) in [7, 11) is 0. The highest BCUT2D eigenvalue weighted by molar-refractivity contribution is 5.74. The third-order valence-corrected chi connectivity index (χ3v) is 14.2. The minimum Gasteiger partial charge on any atom is -0.480 e. The highest BCUT2D eigenvalue weighted by Gasteiger charge is 2.49. The summed E-state index contributed by atoms with van der Waals surface area (Å²) in [5.74, 6) is 0.588. The number of carboxylic acids is 1. The maximum atomic E-state index is 12.2. The predicted octanol–water partition coefficient (Wildman–Crippen LogP) is 7.42. The molecule has 3 unspecified atom stereocenters.